The number of benzene rings is 2. The van der Waals surface area contributed by atoms with Crippen LogP contribution in [0.3, 0.4) is 0 Å². The molecule has 0 unspecified atom stereocenters. The molecule has 8 heteroatoms. The molecule has 2 aromatic carbocycles. The number of primary amides is 1. The first-order chi connectivity index (χ1) is 11.5. The average Bonchev–Trinajstić information content (AvgIpc) is 3.05. The van der Waals surface area contributed by atoms with Gasteiger partial charge in [-0.05, 0) is 23.3 Å². The van der Waals surface area contributed by atoms with Crippen molar-refractivity contribution in [2.75, 3.05) is 0 Å². The van der Waals surface area contributed by atoms with Crippen molar-refractivity contribution in [1.29, 1.82) is 0 Å². The van der Waals surface area contributed by atoms with Crippen molar-refractivity contribution in [3.63, 3.8) is 0 Å². The lowest BCUT2D eigenvalue weighted by molar-refractivity contribution is 0.0697. The third kappa shape index (κ3) is 2.72. The minimum absolute atomic E-state index is 0.00914. The summed E-state index contributed by atoms with van der Waals surface area (Å²) in [5, 5.41) is 19.5. The van der Waals surface area contributed by atoms with Crippen molar-refractivity contribution in [3.05, 3.63) is 58.7 Å². The van der Waals surface area contributed by atoms with E-state index in [-0.39, 0.29) is 16.3 Å². The van der Waals surface area contributed by atoms with Crippen LogP contribution in [0.1, 0.15) is 20.8 Å². The fourth-order valence-corrected chi connectivity index (χ4v) is 2.59. The van der Waals surface area contributed by atoms with Gasteiger partial charge >= 0.3 is 5.97 Å². The van der Waals surface area contributed by atoms with E-state index in [1.165, 1.54) is 12.1 Å². The highest BCUT2D eigenvalue weighted by Crippen LogP contribution is 2.33. The van der Waals surface area contributed by atoms with Gasteiger partial charge in [0, 0.05) is 5.56 Å². The third-order valence-electron chi connectivity index (χ3n) is 3.47. The average molecular weight is 343 g/mol. The number of aromatic carboxylic acids is 1. The van der Waals surface area contributed by atoms with Gasteiger partial charge in [0.25, 0.3) is 5.91 Å². The van der Waals surface area contributed by atoms with Crippen LogP contribution < -0.4 is 5.73 Å². The molecule has 3 aromatic rings. The van der Waals surface area contributed by atoms with Gasteiger partial charge in [-0.25, -0.2) is 4.79 Å². The molecule has 1 amide bonds. The molecule has 0 fully saturated rings. The van der Waals surface area contributed by atoms with Gasteiger partial charge in [0.05, 0.1) is 10.6 Å². The summed E-state index contributed by atoms with van der Waals surface area (Å²) in [6, 6.07) is 11.8. The van der Waals surface area contributed by atoms with E-state index in [1.54, 1.807) is 30.3 Å². The second kappa shape index (κ2) is 6.13. The Kier molecular flexibility index (Phi) is 4.01. The zero-order chi connectivity index (χ0) is 17.3. The molecule has 0 radical (unpaired) electrons. The van der Waals surface area contributed by atoms with Gasteiger partial charge in [-0.3, -0.25) is 4.79 Å². The van der Waals surface area contributed by atoms with Gasteiger partial charge in [-0.2, -0.15) is 15.4 Å². The van der Waals surface area contributed by atoms with Crippen LogP contribution in [-0.2, 0) is 0 Å². The van der Waals surface area contributed by atoms with E-state index in [0.29, 0.717) is 22.4 Å². The minimum Gasteiger partial charge on any atom is -0.478 e. The summed E-state index contributed by atoms with van der Waals surface area (Å²) in [5.41, 5.74) is 7.49. The summed E-state index contributed by atoms with van der Waals surface area (Å²) in [4.78, 5) is 22.8. The molecule has 120 valence electrons. The maximum atomic E-state index is 11.5. The van der Waals surface area contributed by atoms with E-state index >= 15 is 0 Å². The van der Waals surface area contributed by atoms with Gasteiger partial charge in [0.2, 0.25) is 0 Å². The summed E-state index contributed by atoms with van der Waals surface area (Å²) >= 11 is 5.92. The minimum atomic E-state index is -1.13. The summed E-state index contributed by atoms with van der Waals surface area (Å²) in [7, 11) is 0. The fourth-order valence-electron chi connectivity index (χ4n) is 2.39. The van der Waals surface area contributed by atoms with Gasteiger partial charge in [0.15, 0.2) is 5.69 Å². The molecule has 0 bridgehead atoms. The van der Waals surface area contributed by atoms with Crippen LogP contribution in [0.4, 0.5) is 0 Å². The van der Waals surface area contributed by atoms with E-state index in [4.69, 9.17) is 17.3 Å². The number of amides is 1. The Balaban J connectivity index is 2.21. The number of nitrogens with two attached hydrogens (primary N) is 1. The van der Waals surface area contributed by atoms with Crippen molar-refractivity contribution < 1.29 is 14.7 Å². The number of rotatable bonds is 4. The highest BCUT2D eigenvalue weighted by molar-refractivity contribution is 6.33. The number of nitrogens with one attached hydrogen (secondary N) is 1. The lowest BCUT2D eigenvalue weighted by Crippen LogP contribution is -2.12. The van der Waals surface area contributed by atoms with Crippen molar-refractivity contribution in [2.45, 2.75) is 0 Å². The van der Waals surface area contributed by atoms with Crippen LogP contribution in [-0.4, -0.2) is 32.4 Å². The van der Waals surface area contributed by atoms with Crippen LogP contribution in [0.5, 0.6) is 0 Å². The van der Waals surface area contributed by atoms with Crippen molar-refractivity contribution in [1.82, 2.24) is 15.4 Å². The first-order valence-corrected chi connectivity index (χ1v) is 7.20. The Bertz CT molecular complexity index is 952. The summed E-state index contributed by atoms with van der Waals surface area (Å²) < 4.78 is 0. The van der Waals surface area contributed by atoms with E-state index in [1.807, 2.05) is 0 Å². The molecule has 0 aliphatic carbocycles. The van der Waals surface area contributed by atoms with Crippen molar-refractivity contribution in [3.8, 4) is 22.4 Å². The van der Waals surface area contributed by atoms with E-state index in [0.717, 1.165) is 0 Å². The van der Waals surface area contributed by atoms with E-state index < -0.39 is 11.9 Å². The first kappa shape index (κ1) is 15.7. The zero-order valence-electron chi connectivity index (χ0n) is 12.2. The smallest absolute Gasteiger partial charge is 0.337 e. The van der Waals surface area contributed by atoms with Gasteiger partial charge in [-0.1, -0.05) is 41.9 Å². The van der Waals surface area contributed by atoms with Crippen molar-refractivity contribution in [2.24, 2.45) is 5.73 Å². The predicted molar refractivity (Wildman–Crippen MR) is 87.7 cm³/mol. The molecule has 0 atom stereocenters. The molecule has 0 saturated heterocycles. The molecule has 0 aliphatic heterocycles. The predicted octanol–water partition coefficient (Wildman–Crippen LogP) is 2.59. The van der Waals surface area contributed by atoms with Crippen LogP contribution in [0.15, 0.2) is 42.5 Å². The number of aromatic amines is 1. The van der Waals surface area contributed by atoms with Crippen LogP contribution >= 0.6 is 11.6 Å². The molecular formula is C16H11ClN4O3. The number of hydrogen-bond donors (Lipinski definition) is 3. The first-order valence-electron chi connectivity index (χ1n) is 6.82. The molecule has 4 N–H and O–H groups in total. The van der Waals surface area contributed by atoms with E-state index in [9.17, 15) is 14.7 Å². The molecule has 7 nitrogen and oxygen atoms in total. The number of carbonyl (C=O) groups is 2. The van der Waals surface area contributed by atoms with Crippen LogP contribution in [0.2, 0.25) is 5.02 Å². The summed E-state index contributed by atoms with van der Waals surface area (Å²) in [5.74, 6) is -1.84. The number of carboxylic acids is 1. The quantitative estimate of drug-likeness (QED) is 0.672. The molecule has 3 rings (SSSR count). The number of H-pyrrole nitrogens is 1. The number of carbonyl (C=O) groups excluding carboxylic acids is 1. The maximum Gasteiger partial charge on any atom is 0.337 e. The normalized spacial score (nSPS) is 10.5. The van der Waals surface area contributed by atoms with E-state index in [2.05, 4.69) is 15.4 Å². The van der Waals surface area contributed by atoms with Crippen LogP contribution in [0.25, 0.3) is 22.4 Å². The summed E-state index contributed by atoms with van der Waals surface area (Å²) in [6.07, 6.45) is 0. The molecule has 1 heterocycles. The molecule has 0 aliphatic rings. The second-order valence-electron chi connectivity index (χ2n) is 4.93. The largest absolute Gasteiger partial charge is 0.478 e. The Hall–Kier alpha value is -3.19. The molecule has 0 spiro atoms. The van der Waals surface area contributed by atoms with Gasteiger partial charge in [-0.15, -0.1) is 0 Å². The molecule has 0 saturated carbocycles. The third-order valence-corrected chi connectivity index (χ3v) is 3.80. The summed E-state index contributed by atoms with van der Waals surface area (Å²) in [6.45, 7) is 0. The number of hydrogen-bond acceptors (Lipinski definition) is 4. The highest BCUT2D eigenvalue weighted by Gasteiger charge is 2.19. The number of halogens is 1. The Morgan fingerprint density at radius 3 is 2.46 bits per heavy atom. The standard InChI is InChI=1S/C16H11ClN4O3/c17-12-6-5-8(7-11(12)16(23)24)9-3-1-2-4-10(9)13-14(15(18)22)20-21-19-13/h1-7H,(H2,18,22)(H,23,24)(H,19,20,21). The Morgan fingerprint density at radius 2 is 1.79 bits per heavy atom. The zero-order valence-corrected chi connectivity index (χ0v) is 12.9. The highest BCUT2D eigenvalue weighted by atomic mass is 35.5. The number of nitrogens with zero attached hydrogens (tertiary/aromatic N) is 2. The molecular weight excluding hydrogens is 332 g/mol. The van der Waals surface area contributed by atoms with Crippen LogP contribution in [0, 0.1) is 0 Å². The maximum absolute atomic E-state index is 11.5. The SMILES string of the molecule is NC(=O)c1n[nH]nc1-c1ccccc1-c1ccc(Cl)c(C(=O)O)c1. The Labute approximate surface area is 141 Å². The lowest BCUT2D eigenvalue weighted by atomic mass is 9.95. The Morgan fingerprint density at radius 1 is 1.08 bits per heavy atom. The monoisotopic (exact) mass is 342 g/mol. The van der Waals surface area contributed by atoms with Gasteiger partial charge in [0.1, 0.15) is 5.69 Å². The molecule has 24 heavy (non-hydrogen) atoms. The molecule has 1 aromatic heterocycles. The van der Waals surface area contributed by atoms with Crippen molar-refractivity contribution >= 4 is 23.5 Å². The fraction of sp³-hybridized carbons (Fsp3) is 0. The lowest BCUT2D eigenvalue weighted by Gasteiger charge is -2.10. The van der Waals surface area contributed by atoms with Gasteiger partial charge < -0.3 is 10.8 Å². The second-order valence-corrected chi connectivity index (χ2v) is 5.34. The number of carboxylic acid groups (broad SMARTS) is 1. The number of aromatic nitrogens is 3. The topological polar surface area (TPSA) is 122 Å².